The standard InChI is InChI=1S/C20H27N3O2/c1-3-15-8-9-19(25-15)18-7-5-4-6-10-23(18)20(24)17-11-16(17)14-12-21-22(2)13-14/h8-9,12-13,16-18H,3-7,10-11H2,1-2H3/t16-,17-,18-/m1/s1. The Labute approximate surface area is 149 Å². The van der Waals surface area contributed by atoms with E-state index in [1.165, 1.54) is 12.0 Å². The van der Waals surface area contributed by atoms with Crippen molar-refractivity contribution in [1.82, 2.24) is 14.7 Å². The Balaban J connectivity index is 1.52. The summed E-state index contributed by atoms with van der Waals surface area (Å²) in [6.07, 6.45) is 10.2. The van der Waals surface area contributed by atoms with E-state index in [-0.39, 0.29) is 12.0 Å². The molecule has 2 aromatic heterocycles. The van der Waals surface area contributed by atoms with Crippen LogP contribution in [-0.2, 0) is 18.3 Å². The van der Waals surface area contributed by atoms with Crippen LogP contribution in [0.4, 0.5) is 0 Å². The molecule has 5 nitrogen and oxygen atoms in total. The summed E-state index contributed by atoms with van der Waals surface area (Å²) < 4.78 is 7.83. The number of nitrogens with zero attached hydrogens (tertiary/aromatic N) is 3. The van der Waals surface area contributed by atoms with Gasteiger partial charge in [-0.05, 0) is 42.9 Å². The molecular weight excluding hydrogens is 314 g/mol. The van der Waals surface area contributed by atoms with Crippen LogP contribution in [0.25, 0.3) is 0 Å². The number of likely N-dealkylation sites (tertiary alicyclic amines) is 1. The van der Waals surface area contributed by atoms with Crippen molar-refractivity contribution in [1.29, 1.82) is 0 Å². The Morgan fingerprint density at radius 2 is 2.20 bits per heavy atom. The van der Waals surface area contributed by atoms with Gasteiger partial charge in [-0.2, -0.15) is 5.10 Å². The fourth-order valence-corrected chi connectivity index (χ4v) is 4.11. The first-order chi connectivity index (χ1) is 12.2. The molecular formula is C20H27N3O2. The van der Waals surface area contributed by atoms with Crippen LogP contribution in [-0.4, -0.2) is 27.1 Å². The molecule has 1 saturated carbocycles. The summed E-state index contributed by atoms with van der Waals surface area (Å²) in [4.78, 5) is 15.3. The molecule has 25 heavy (non-hydrogen) atoms. The van der Waals surface area contributed by atoms with E-state index in [1.54, 1.807) is 0 Å². The van der Waals surface area contributed by atoms with Crippen molar-refractivity contribution in [2.24, 2.45) is 13.0 Å². The summed E-state index contributed by atoms with van der Waals surface area (Å²) >= 11 is 0. The minimum atomic E-state index is 0.102. The normalized spacial score (nSPS) is 26.5. The molecule has 0 unspecified atom stereocenters. The van der Waals surface area contributed by atoms with E-state index in [4.69, 9.17) is 4.42 Å². The quantitative estimate of drug-likeness (QED) is 0.849. The zero-order chi connectivity index (χ0) is 17.4. The highest BCUT2D eigenvalue weighted by atomic mass is 16.3. The Morgan fingerprint density at radius 1 is 1.32 bits per heavy atom. The lowest BCUT2D eigenvalue weighted by atomic mass is 10.1. The Hall–Kier alpha value is -2.04. The monoisotopic (exact) mass is 341 g/mol. The predicted molar refractivity (Wildman–Crippen MR) is 95.1 cm³/mol. The minimum Gasteiger partial charge on any atom is -0.464 e. The average molecular weight is 341 g/mol. The molecule has 1 aliphatic carbocycles. The summed E-state index contributed by atoms with van der Waals surface area (Å²) in [5.41, 5.74) is 1.19. The van der Waals surface area contributed by atoms with Crippen LogP contribution in [0.5, 0.6) is 0 Å². The van der Waals surface area contributed by atoms with Gasteiger partial charge in [-0.1, -0.05) is 19.8 Å². The van der Waals surface area contributed by atoms with Crippen molar-refractivity contribution < 1.29 is 9.21 Å². The molecule has 0 aromatic carbocycles. The van der Waals surface area contributed by atoms with Gasteiger partial charge in [-0.15, -0.1) is 0 Å². The van der Waals surface area contributed by atoms with Crippen molar-refractivity contribution in [3.8, 4) is 0 Å². The predicted octanol–water partition coefficient (Wildman–Crippen LogP) is 3.82. The van der Waals surface area contributed by atoms with E-state index in [0.717, 1.165) is 50.2 Å². The highest BCUT2D eigenvalue weighted by Gasteiger charge is 2.47. The number of rotatable bonds is 4. The van der Waals surface area contributed by atoms with Crippen LogP contribution < -0.4 is 0 Å². The van der Waals surface area contributed by atoms with Gasteiger partial charge in [0.1, 0.15) is 11.5 Å². The lowest BCUT2D eigenvalue weighted by Crippen LogP contribution is -2.36. The number of carbonyl (C=O) groups excluding carboxylic acids is 1. The summed E-state index contributed by atoms with van der Waals surface area (Å²) in [6, 6.07) is 4.23. The molecule has 2 aromatic rings. The summed E-state index contributed by atoms with van der Waals surface area (Å²) in [5, 5.41) is 4.25. The molecule has 0 bridgehead atoms. The molecule has 1 saturated heterocycles. The van der Waals surface area contributed by atoms with E-state index in [1.807, 2.05) is 24.1 Å². The first-order valence-corrected chi connectivity index (χ1v) is 9.55. The molecule has 2 fully saturated rings. The second kappa shape index (κ2) is 6.70. The minimum absolute atomic E-state index is 0.102. The zero-order valence-electron chi connectivity index (χ0n) is 15.1. The fraction of sp³-hybridized carbons (Fsp3) is 0.600. The van der Waals surface area contributed by atoms with Crippen LogP contribution >= 0.6 is 0 Å². The zero-order valence-corrected chi connectivity index (χ0v) is 15.1. The third-order valence-electron chi connectivity index (χ3n) is 5.66. The summed E-state index contributed by atoms with van der Waals surface area (Å²) in [5.74, 6) is 2.73. The number of carbonyl (C=O) groups is 1. The van der Waals surface area contributed by atoms with Crippen molar-refractivity contribution in [3.63, 3.8) is 0 Å². The van der Waals surface area contributed by atoms with Gasteiger partial charge in [0.25, 0.3) is 0 Å². The largest absolute Gasteiger partial charge is 0.464 e. The van der Waals surface area contributed by atoms with E-state index in [9.17, 15) is 4.79 Å². The Kier molecular flexibility index (Phi) is 4.40. The maximum Gasteiger partial charge on any atom is 0.226 e. The topological polar surface area (TPSA) is 51.3 Å². The maximum absolute atomic E-state index is 13.2. The molecule has 4 rings (SSSR count). The number of aromatic nitrogens is 2. The van der Waals surface area contributed by atoms with E-state index < -0.39 is 0 Å². The van der Waals surface area contributed by atoms with Crippen LogP contribution in [0.2, 0.25) is 0 Å². The number of furan rings is 1. The molecule has 0 N–H and O–H groups in total. The second-order valence-electron chi connectivity index (χ2n) is 7.45. The number of amides is 1. The number of aryl methyl sites for hydroxylation is 2. The Bertz CT molecular complexity index is 748. The first-order valence-electron chi connectivity index (χ1n) is 9.55. The molecule has 1 amide bonds. The maximum atomic E-state index is 13.2. The van der Waals surface area contributed by atoms with E-state index >= 15 is 0 Å². The molecule has 5 heteroatoms. The lowest BCUT2D eigenvalue weighted by molar-refractivity contribution is -0.135. The SMILES string of the molecule is CCc1ccc([C@H]2CCCCCN2C(=O)[C@@H]2C[C@@H]2c2cnn(C)c2)o1. The van der Waals surface area contributed by atoms with Crippen LogP contribution in [0.3, 0.4) is 0 Å². The molecule has 0 spiro atoms. The van der Waals surface area contributed by atoms with Crippen LogP contribution in [0, 0.1) is 5.92 Å². The third kappa shape index (κ3) is 3.24. The Morgan fingerprint density at radius 3 is 2.92 bits per heavy atom. The average Bonchev–Trinajstić information content (AvgIpc) is 3.18. The number of hydrogen-bond donors (Lipinski definition) is 0. The van der Waals surface area contributed by atoms with E-state index in [0.29, 0.717) is 11.8 Å². The highest BCUT2D eigenvalue weighted by molar-refractivity contribution is 5.83. The van der Waals surface area contributed by atoms with Gasteiger partial charge in [-0.3, -0.25) is 9.48 Å². The van der Waals surface area contributed by atoms with Crippen molar-refractivity contribution >= 4 is 5.91 Å². The van der Waals surface area contributed by atoms with Gasteiger partial charge in [-0.25, -0.2) is 0 Å². The summed E-state index contributed by atoms with van der Waals surface area (Å²) in [6.45, 7) is 2.95. The third-order valence-corrected chi connectivity index (χ3v) is 5.66. The molecule has 1 aliphatic heterocycles. The molecule has 0 radical (unpaired) electrons. The van der Waals surface area contributed by atoms with Gasteiger partial charge >= 0.3 is 0 Å². The molecule has 2 aliphatic rings. The van der Waals surface area contributed by atoms with Gasteiger partial charge in [0.15, 0.2) is 0 Å². The van der Waals surface area contributed by atoms with Crippen LogP contribution in [0.15, 0.2) is 28.9 Å². The van der Waals surface area contributed by atoms with Gasteiger partial charge < -0.3 is 9.32 Å². The van der Waals surface area contributed by atoms with Crippen molar-refractivity contribution in [3.05, 3.63) is 41.6 Å². The van der Waals surface area contributed by atoms with Crippen molar-refractivity contribution in [2.75, 3.05) is 6.54 Å². The lowest BCUT2D eigenvalue weighted by Gasteiger charge is -2.29. The van der Waals surface area contributed by atoms with Gasteiger partial charge in [0.2, 0.25) is 5.91 Å². The fourth-order valence-electron chi connectivity index (χ4n) is 4.11. The number of hydrogen-bond acceptors (Lipinski definition) is 3. The van der Waals surface area contributed by atoms with Gasteiger partial charge in [0, 0.05) is 32.1 Å². The first kappa shape index (κ1) is 16.4. The van der Waals surface area contributed by atoms with Crippen molar-refractivity contribution in [2.45, 2.75) is 57.4 Å². The summed E-state index contributed by atoms with van der Waals surface area (Å²) in [7, 11) is 1.93. The smallest absolute Gasteiger partial charge is 0.226 e. The second-order valence-corrected chi connectivity index (χ2v) is 7.45. The molecule has 3 atom stereocenters. The van der Waals surface area contributed by atoms with E-state index in [2.05, 4.69) is 29.1 Å². The molecule has 134 valence electrons. The molecule has 3 heterocycles. The van der Waals surface area contributed by atoms with Gasteiger partial charge in [0.05, 0.1) is 12.2 Å². The highest BCUT2D eigenvalue weighted by Crippen LogP contribution is 2.49. The van der Waals surface area contributed by atoms with Crippen LogP contribution in [0.1, 0.15) is 68.1 Å².